The average Bonchev–Trinajstić information content (AvgIpc) is 2.23. The normalized spacial score (nSPS) is 17.3. The maximum atomic E-state index is 13.2. The van der Waals surface area contributed by atoms with E-state index in [0.29, 0.717) is 11.6 Å². The van der Waals surface area contributed by atoms with Crippen molar-refractivity contribution in [3.8, 4) is 0 Å². The highest BCUT2D eigenvalue weighted by molar-refractivity contribution is 5.83. The molecule has 0 aliphatic heterocycles. The number of nitrogens with one attached hydrogen (secondary N) is 1. The quantitative estimate of drug-likeness (QED) is 0.887. The molecule has 1 fully saturated rings. The van der Waals surface area contributed by atoms with Crippen LogP contribution in [-0.2, 0) is 4.79 Å². The minimum Gasteiger partial charge on any atom is -0.352 e. The molecule has 1 aliphatic carbocycles. The molecule has 3 nitrogen and oxygen atoms in total. The summed E-state index contributed by atoms with van der Waals surface area (Å²) in [5, 5.41) is 3.01. The second-order valence-electron chi connectivity index (χ2n) is 5.06. The van der Waals surface area contributed by atoms with E-state index in [4.69, 9.17) is 0 Å². The molecule has 1 N–H and O–H groups in total. The first-order valence-corrected chi connectivity index (χ1v) is 6.30. The standard InChI is InChI=1S/C14H19FN2O/c1-17(2)13(10-5-3-6-11(15)9-10)14(18)16-12-7-4-8-12/h3,5-6,9,12-13H,4,7-8H2,1-2H3,(H,16,18)/t13-/m1/s1. The van der Waals surface area contributed by atoms with E-state index in [2.05, 4.69) is 5.32 Å². The Morgan fingerprint density at radius 3 is 2.67 bits per heavy atom. The van der Waals surface area contributed by atoms with E-state index in [9.17, 15) is 9.18 Å². The van der Waals surface area contributed by atoms with Crippen molar-refractivity contribution in [3.05, 3.63) is 35.6 Å². The van der Waals surface area contributed by atoms with Gasteiger partial charge in [-0.2, -0.15) is 0 Å². The van der Waals surface area contributed by atoms with Crippen molar-refractivity contribution in [2.45, 2.75) is 31.3 Å². The van der Waals surface area contributed by atoms with Gasteiger partial charge in [-0.05, 0) is 51.1 Å². The average molecular weight is 250 g/mol. The molecule has 0 aromatic heterocycles. The molecule has 1 aromatic carbocycles. The van der Waals surface area contributed by atoms with E-state index < -0.39 is 6.04 Å². The van der Waals surface area contributed by atoms with E-state index in [1.807, 2.05) is 19.0 Å². The summed E-state index contributed by atoms with van der Waals surface area (Å²) in [5.74, 6) is -0.355. The second kappa shape index (κ2) is 5.48. The molecule has 1 aliphatic rings. The van der Waals surface area contributed by atoms with Gasteiger partial charge in [0, 0.05) is 6.04 Å². The molecule has 2 rings (SSSR count). The molecule has 1 aromatic rings. The number of nitrogens with zero attached hydrogens (tertiary/aromatic N) is 1. The third-order valence-electron chi connectivity index (χ3n) is 3.38. The van der Waals surface area contributed by atoms with Gasteiger partial charge in [-0.25, -0.2) is 4.39 Å². The zero-order valence-corrected chi connectivity index (χ0v) is 10.8. The zero-order chi connectivity index (χ0) is 13.1. The van der Waals surface area contributed by atoms with Crippen LogP contribution in [0.25, 0.3) is 0 Å². The highest BCUT2D eigenvalue weighted by atomic mass is 19.1. The molecular weight excluding hydrogens is 231 g/mol. The van der Waals surface area contributed by atoms with Crippen molar-refractivity contribution in [1.82, 2.24) is 10.2 Å². The molecule has 0 radical (unpaired) electrons. The molecule has 1 atom stereocenters. The van der Waals surface area contributed by atoms with Gasteiger partial charge in [0.05, 0.1) is 0 Å². The fourth-order valence-corrected chi connectivity index (χ4v) is 2.19. The molecule has 0 heterocycles. The van der Waals surface area contributed by atoms with Crippen LogP contribution in [0, 0.1) is 5.82 Å². The summed E-state index contributed by atoms with van der Waals surface area (Å²) in [6, 6.07) is 6.10. The Bertz CT molecular complexity index is 430. The number of carbonyl (C=O) groups excluding carboxylic acids is 1. The smallest absolute Gasteiger partial charge is 0.242 e. The lowest BCUT2D eigenvalue weighted by Gasteiger charge is -2.31. The van der Waals surface area contributed by atoms with Gasteiger partial charge in [0.15, 0.2) is 0 Å². The molecule has 0 saturated heterocycles. The van der Waals surface area contributed by atoms with Crippen molar-refractivity contribution in [1.29, 1.82) is 0 Å². The number of rotatable bonds is 4. The van der Waals surface area contributed by atoms with E-state index in [-0.39, 0.29) is 11.7 Å². The SMILES string of the molecule is CN(C)[C@@H](C(=O)NC1CCC1)c1cccc(F)c1. The van der Waals surface area contributed by atoms with Gasteiger partial charge < -0.3 is 5.32 Å². The van der Waals surface area contributed by atoms with Gasteiger partial charge in [-0.3, -0.25) is 9.69 Å². The molecule has 0 spiro atoms. The summed E-state index contributed by atoms with van der Waals surface area (Å²) in [7, 11) is 3.66. The van der Waals surface area contributed by atoms with E-state index >= 15 is 0 Å². The van der Waals surface area contributed by atoms with Crippen LogP contribution < -0.4 is 5.32 Å². The number of amides is 1. The summed E-state index contributed by atoms with van der Waals surface area (Å²) in [5.41, 5.74) is 0.692. The Balaban J connectivity index is 2.14. The number of hydrogen-bond donors (Lipinski definition) is 1. The lowest BCUT2D eigenvalue weighted by molar-refractivity contribution is -0.127. The second-order valence-corrected chi connectivity index (χ2v) is 5.06. The van der Waals surface area contributed by atoms with Crippen molar-refractivity contribution in [2.75, 3.05) is 14.1 Å². The van der Waals surface area contributed by atoms with Crippen LogP contribution in [0.3, 0.4) is 0 Å². The van der Waals surface area contributed by atoms with E-state index in [1.165, 1.54) is 18.6 Å². The molecule has 18 heavy (non-hydrogen) atoms. The molecule has 4 heteroatoms. The van der Waals surface area contributed by atoms with Crippen LogP contribution in [-0.4, -0.2) is 30.9 Å². The van der Waals surface area contributed by atoms with Crippen molar-refractivity contribution < 1.29 is 9.18 Å². The third-order valence-corrected chi connectivity index (χ3v) is 3.38. The lowest BCUT2D eigenvalue weighted by Crippen LogP contribution is -2.45. The third kappa shape index (κ3) is 2.88. The number of halogens is 1. The van der Waals surface area contributed by atoms with Crippen LogP contribution in [0.5, 0.6) is 0 Å². The molecule has 0 bridgehead atoms. The predicted octanol–water partition coefficient (Wildman–Crippen LogP) is 2.10. The number of carbonyl (C=O) groups is 1. The van der Waals surface area contributed by atoms with E-state index in [0.717, 1.165) is 12.8 Å². The van der Waals surface area contributed by atoms with Crippen LogP contribution in [0.4, 0.5) is 4.39 Å². The minimum absolute atomic E-state index is 0.0460. The summed E-state index contributed by atoms with van der Waals surface area (Å²) in [6.45, 7) is 0. The van der Waals surface area contributed by atoms with Gasteiger partial charge in [0.2, 0.25) is 5.91 Å². The van der Waals surface area contributed by atoms with Gasteiger partial charge in [0.1, 0.15) is 11.9 Å². The highest BCUT2D eigenvalue weighted by Gasteiger charge is 2.27. The van der Waals surface area contributed by atoms with Gasteiger partial charge in [-0.15, -0.1) is 0 Å². The fourth-order valence-electron chi connectivity index (χ4n) is 2.19. The Morgan fingerprint density at radius 1 is 1.44 bits per heavy atom. The predicted molar refractivity (Wildman–Crippen MR) is 68.6 cm³/mol. The lowest BCUT2D eigenvalue weighted by atomic mass is 9.92. The summed E-state index contributed by atoms with van der Waals surface area (Å²) in [4.78, 5) is 14.0. The van der Waals surface area contributed by atoms with Crippen LogP contribution in [0.2, 0.25) is 0 Å². The molecule has 0 unspecified atom stereocenters. The van der Waals surface area contributed by atoms with Gasteiger partial charge >= 0.3 is 0 Å². The van der Waals surface area contributed by atoms with Crippen molar-refractivity contribution in [2.24, 2.45) is 0 Å². The van der Waals surface area contributed by atoms with Crippen LogP contribution >= 0.6 is 0 Å². The summed E-state index contributed by atoms with van der Waals surface area (Å²) < 4.78 is 13.2. The maximum Gasteiger partial charge on any atom is 0.242 e. The minimum atomic E-state index is -0.429. The van der Waals surface area contributed by atoms with Crippen LogP contribution in [0.15, 0.2) is 24.3 Å². The largest absolute Gasteiger partial charge is 0.352 e. The van der Waals surface area contributed by atoms with Crippen molar-refractivity contribution >= 4 is 5.91 Å². The topological polar surface area (TPSA) is 32.3 Å². The fraction of sp³-hybridized carbons (Fsp3) is 0.500. The van der Waals surface area contributed by atoms with Crippen LogP contribution in [0.1, 0.15) is 30.9 Å². The van der Waals surface area contributed by atoms with Gasteiger partial charge in [-0.1, -0.05) is 12.1 Å². The zero-order valence-electron chi connectivity index (χ0n) is 10.8. The first-order chi connectivity index (χ1) is 8.58. The first-order valence-electron chi connectivity index (χ1n) is 6.30. The summed E-state index contributed by atoms with van der Waals surface area (Å²) >= 11 is 0. The number of benzene rings is 1. The molecule has 98 valence electrons. The van der Waals surface area contributed by atoms with E-state index in [1.54, 1.807) is 12.1 Å². The van der Waals surface area contributed by atoms with Crippen molar-refractivity contribution in [3.63, 3.8) is 0 Å². The number of hydrogen-bond acceptors (Lipinski definition) is 2. The molecular formula is C14H19FN2O. The summed E-state index contributed by atoms with van der Waals surface area (Å²) in [6.07, 6.45) is 3.28. The highest BCUT2D eigenvalue weighted by Crippen LogP contribution is 2.23. The molecule has 1 amide bonds. The Kier molecular flexibility index (Phi) is 3.97. The Hall–Kier alpha value is -1.42. The van der Waals surface area contributed by atoms with Gasteiger partial charge in [0.25, 0.3) is 0 Å². The first kappa shape index (κ1) is 13.0. The maximum absolute atomic E-state index is 13.2. The Labute approximate surface area is 107 Å². The Morgan fingerprint density at radius 2 is 2.17 bits per heavy atom. The number of likely N-dealkylation sites (N-methyl/N-ethyl adjacent to an activating group) is 1. The molecule has 1 saturated carbocycles. The monoisotopic (exact) mass is 250 g/mol.